The number of carbonyl (C=O) groups is 1. The Labute approximate surface area is 130 Å². The number of hydrogen-bond donors (Lipinski definition) is 4. The minimum absolute atomic E-state index is 0.0401. The molecule has 0 radical (unpaired) electrons. The molecule has 0 atom stereocenters. The lowest BCUT2D eigenvalue weighted by molar-refractivity contribution is 0.0940. The SMILES string of the molecule is O=C(NCc1ccccc1)c1c(NC2CC2)[nH]c(=O)n(O)c1=O. The molecule has 8 nitrogen and oxygen atoms in total. The predicted molar refractivity (Wildman–Crippen MR) is 82.8 cm³/mol. The van der Waals surface area contributed by atoms with Crippen molar-refractivity contribution in [2.45, 2.75) is 25.4 Å². The van der Waals surface area contributed by atoms with Gasteiger partial charge < -0.3 is 15.8 Å². The molecule has 8 heteroatoms. The van der Waals surface area contributed by atoms with E-state index in [4.69, 9.17) is 0 Å². The molecule has 1 saturated carbocycles. The van der Waals surface area contributed by atoms with E-state index in [1.807, 2.05) is 30.3 Å². The first-order valence-corrected chi connectivity index (χ1v) is 7.23. The van der Waals surface area contributed by atoms with Gasteiger partial charge in [-0.05, 0) is 18.4 Å². The van der Waals surface area contributed by atoms with Crippen molar-refractivity contribution in [2.24, 2.45) is 0 Å². The number of hydrogen-bond acceptors (Lipinski definition) is 5. The van der Waals surface area contributed by atoms with Crippen LogP contribution in [0.15, 0.2) is 39.9 Å². The number of carbonyl (C=O) groups excluding carboxylic acids is 1. The summed E-state index contributed by atoms with van der Waals surface area (Å²) in [6.45, 7) is 0.229. The predicted octanol–water partition coefficient (Wildman–Crippen LogP) is 0.278. The van der Waals surface area contributed by atoms with Crippen molar-refractivity contribution in [1.82, 2.24) is 15.0 Å². The number of rotatable bonds is 5. The Hall–Kier alpha value is -3.03. The Morgan fingerprint density at radius 3 is 2.61 bits per heavy atom. The third-order valence-corrected chi connectivity index (χ3v) is 3.53. The lowest BCUT2D eigenvalue weighted by atomic mass is 10.2. The highest BCUT2D eigenvalue weighted by molar-refractivity contribution is 5.98. The largest absolute Gasteiger partial charge is 0.421 e. The van der Waals surface area contributed by atoms with Gasteiger partial charge >= 0.3 is 11.2 Å². The van der Waals surface area contributed by atoms with E-state index >= 15 is 0 Å². The average Bonchev–Trinajstić information content (AvgIpc) is 3.36. The number of aromatic nitrogens is 2. The van der Waals surface area contributed by atoms with Crippen molar-refractivity contribution >= 4 is 11.7 Å². The highest BCUT2D eigenvalue weighted by Crippen LogP contribution is 2.24. The Kier molecular flexibility index (Phi) is 3.88. The van der Waals surface area contributed by atoms with E-state index in [1.54, 1.807) is 0 Å². The third-order valence-electron chi connectivity index (χ3n) is 3.53. The zero-order valence-corrected chi connectivity index (χ0v) is 12.2. The Bertz CT molecular complexity index is 837. The fourth-order valence-corrected chi connectivity index (χ4v) is 2.14. The summed E-state index contributed by atoms with van der Waals surface area (Å²) in [6.07, 6.45) is 1.80. The highest BCUT2D eigenvalue weighted by Gasteiger charge is 2.27. The molecule has 3 rings (SSSR count). The monoisotopic (exact) mass is 316 g/mol. The summed E-state index contributed by atoms with van der Waals surface area (Å²) in [7, 11) is 0. The molecule has 1 amide bonds. The van der Waals surface area contributed by atoms with Gasteiger partial charge in [-0.2, -0.15) is 0 Å². The molecule has 2 aromatic rings. The van der Waals surface area contributed by atoms with Crippen molar-refractivity contribution < 1.29 is 10.0 Å². The molecular weight excluding hydrogens is 300 g/mol. The molecule has 4 N–H and O–H groups in total. The fraction of sp³-hybridized carbons (Fsp3) is 0.267. The quantitative estimate of drug-likeness (QED) is 0.591. The number of aromatic amines is 1. The number of nitrogens with zero attached hydrogens (tertiary/aromatic N) is 1. The van der Waals surface area contributed by atoms with Gasteiger partial charge in [0.15, 0.2) is 0 Å². The normalized spacial score (nSPS) is 13.6. The molecule has 1 aromatic carbocycles. The van der Waals surface area contributed by atoms with E-state index in [2.05, 4.69) is 15.6 Å². The van der Waals surface area contributed by atoms with Crippen molar-refractivity contribution in [2.75, 3.05) is 5.32 Å². The first-order valence-electron chi connectivity index (χ1n) is 7.23. The minimum atomic E-state index is -1.05. The molecule has 1 aromatic heterocycles. The number of amides is 1. The van der Waals surface area contributed by atoms with E-state index in [0.29, 0.717) is 0 Å². The molecule has 120 valence electrons. The van der Waals surface area contributed by atoms with Gasteiger partial charge in [-0.3, -0.25) is 14.6 Å². The van der Waals surface area contributed by atoms with Crippen LogP contribution in [0.25, 0.3) is 0 Å². The Morgan fingerprint density at radius 1 is 1.26 bits per heavy atom. The van der Waals surface area contributed by atoms with E-state index < -0.39 is 17.2 Å². The molecule has 0 unspecified atom stereocenters. The van der Waals surface area contributed by atoms with Gasteiger partial charge in [-0.1, -0.05) is 35.1 Å². The van der Waals surface area contributed by atoms with Crippen LogP contribution in [0, 0.1) is 0 Å². The zero-order chi connectivity index (χ0) is 16.4. The molecule has 0 bridgehead atoms. The van der Waals surface area contributed by atoms with Crippen LogP contribution in [0.1, 0.15) is 28.8 Å². The second-order valence-corrected chi connectivity index (χ2v) is 5.38. The zero-order valence-electron chi connectivity index (χ0n) is 12.2. The standard InChI is InChI=1S/C15H16N4O4/c20-13(16-8-9-4-2-1-3-5-9)11-12(17-10-6-7-10)18-15(22)19(23)14(11)21/h1-5,10,17,23H,6-8H2,(H,16,20)(H,18,22). The van der Waals surface area contributed by atoms with Crippen LogP contribution in [0.4, 0.5) is 5.82 Å². The molecule has 23 heavy (non-hydrogen) atoms. The lowest BCUT2D eigenvalue weighted by Gasteiger charge is -2.11. The molecule has 1 aliphatic rings. The second kappa shape index (κ2) is 5.99. The van der Waals surface area contributed by atoms with Crippen LogP contribution >= 0.6 is 0 Å². The summed E-state index contributed by atoms with van der Waals surface area (Å²) < 4.78 is -0.102. The number of nitrogens with one attached hydrogen (secondary N) is 3. The first-order chi connectivity index (χ1) is 11.1. The van der Waals surface area contributed by atoms with Crippen LogP contribution in [-0.2, 0) is 6.54 Å². The number of anilines is 1. The van der Waals surface area contributed by atoms with Crippen LogP contribution in [0.5, 0.6) is 0 Å². The van der Waals surface area contributed by atoms with Crippen molar-refractivity contribution in [3.05, 3.63) is 62.3 Å². The topological polar surface area (TPSA) is 116 Å². The fourth-order valence-electron chi connectivity index (χ4n) is 2.14. The summed E-state index contributed by atoms with van der Waals surface area (Å²) in [4.78, 5) is 38.2. The first kappa shape index (κ1) is 14.9. The van der Waals surface area contributed by atoms with Crippen LogP contribution in [0.2, 0.25) is 0 Å². The molecule has 1 fully saturated rings. The Morgan fingerprint density at radius 2 is 1.96 bits per heavy atom. The average molecular weight is 316 g/mol. The van der Waals surface area contributed by atoms with Gasteiger partial charge in [-0.15, -0.1) is 0 Å². The summed E-state index contributed by atoms with van der Waals surface area (Å²) in [5.74, 6) is -0.626. The highest BCUT2D eigenvalue weighted by atomic mass is 16.5. The third kappa shape index (κ3) is 3.25. The maximum atomic E-state index is 12.3. The summed E-state index contributed by atoms with van der Waals surface area (Å²) in [5.41, 5.74) is -1.48. The Balaban J connectivity index is 1.87. The second-order valence-electron chi connectivity index (χ2n) is 5.38. The lowest BCUT2D eigenvalue weighted by Crippen LogP contribution is -2.41. The van der Waals surface area contributed by atoms with Gasteiger partial charge in [0, 0.05) is 12.6 Å². The van der Waals surface area contributed by atoms with Gasteiger partial charge in [0.2, 0.25) is 0 Å². The molecule has 1 aliphatic carbocycles. The molecule has 0 spiro atoms. The maximum Gasteiger partial charge on any atom is 0.363 e. The van der Waals surface area contributed by atoms with Gasteiger partial charge in [0.1, 0.15) is 11.4 Å². The molecular formula is C15H16N4O4. The van der Waals surface area contributed by atoms with Crippen LogP contribution < -0.4 is 21.9 Å². The number of benzene rings is 1. The summed E-state index contributed by atoms with van der Waals surface area (Å²) >= 11 is 0. The molecule has 0 aliphatic heterocycles. The number of H-pyrrole nitrogens is 1. The summed E-state index contributed by atoms with van der Waals surface area (Å²) in [6, 6.07) is 9.32. The summed E-state index contributed by atoms with van der Waals surface area (Å²) in [5, 5.41) is 15.0. The van der Waals surface area contributed by atoms with E-state index in [0.717, 1.165) is 18.4 Å². The minimum Gasteiger partial charge on any atom is -0.421 e. The van der Waals surface area contributed by atoms with Crippen molar-refractivity contribution in [1.29, 1.82) is 0 Å². The van der Waals surface area contributed by atoms with Crippen LogP contribution in [0.3, 0.4) is 0 Å². The molecule has 1 heterocycles. The van der Waals surface area contributed by atoms with Crippen molar-refractivity contribution in [3.63, 3.8) is 0 Å². The van der Waals surface area contributed by atoms with E-state index in [1.165, 1.54) is 0 Å². The maximum absolute atomic E-state index is 12.3. The van der Waals surface area contributed by atoms with Gasteiger partial charge in [0.25, 0.3) is 5.91 Å². The van der Waals surface area contributed by atoms with Crippen molar-refractivity contribution in [3.8, 4) is 0 Å². The smallest absolute Gasteiger partial charge is 0.363 e. The van der Waals surface area contributed by atoms with Crippen LogP contribution in [-0.4, -0.2) is 26.9 Å². The van der Waals surface area contributed by atoms with Gasteiger partial charge in [-0.25, -0.2) is 4.79 Å². The molecule has 0 saturated heterocycles. The van der Waals surface area contributed by atoms with E-state index in [9.17, 15) is 19.6 Å². The van der Waals surface area contributed by atoms with Gasteiger partial charge in [0.05, 0.1) is 0 Å². The van der Waals surface area contributed by atoms with E-state index in [-0.39, 0.29) is 28.7 Å².